The van der Waals surface area contributed by atoms with Crippen LogP contribution in [0.1, 0.15) is 27.2 Å². The van der Waals surface area contributed by atoms with Gasteiger partial charge in [0.1, 0.15) is 0 Å². The Bertz CT molecular complexity index is 152. The van der Waals surface area contributed by atoms with Crippen LogP contribution in [-0.4, -0.2) is 6.21 Å². The summed E-state index contributed by atoms with van der Waals surface area (Å²) < 4.78 is 0. The van der Waals surface area contributed by atoms with Crippen molar-refractivity contribution in [2.75, 3.05) is 0 Å². The van der Waals surface area contributed by atoms with Crippen molar-refractivity contribution in [1.29, 1.82) is 0 Å². The molecule has 0 aromatic carbocycles. The first kappa shape index (κ1) is 9.15. The van der Waals surface area contributed by atoms with Gasteiger partial charge in [-0.1, -0.05) is 19.1 Å². The molecule has 0 aliphatic rings. The maximum absolute atomic E-state index is 4.15. The summed E-state index contributed by atoms with van der Waals surface area (Å²) in [6.45, 7) is 6.09. The van der Waals surface area contributed by atoms with Gasteiger partial charge in [-0.05, 0) is 26.3 Å². The zero-order chi connectivity index (χ0) is 7.82. The molecule has 1 heteroatoms. The third kappa shape index (κ3) is 5.29. The van der Waals surface area contributed by atoms with Gasteiger partial charge in [-0.25, -0.2) is 0 Å². The average molecular weight is 137 g/mol. The van der Waals surface area contributed by atoms with Crippen LogP contribution in [-0.2, 0) is 0 Å². The first-order valence-corrected chi connectivity index (χ1v) is 3.63. The van der Waals surface area contributed by atoms with E-state index in [-0.39, 0.29) is 0 Å². The van der Waals surface area contributed by atoms with E-state index < -0.39 is 0 Å². The van der Waals surface area contributed by atoms with Gasteiger partial charge in [0.15, 0.2) is 0 Å². The number of rotatable bonds is 3. The molecule has 0 heterocycles. The first-order chi connectivity index (χ1) is 4.81. The molecule has 0 aliphatic carbocycles. The Hall–Kier alpha value is -0.850. The van der Waals surface area contributed by atoms with Crippen molar-refractivity contribution in [3.63, 3.8) is 0 Å². The average Bonchev–Trinajstić information content (AvgIpc) is 1.89. The molecule has 0 unspecified atom stereocenters. The van der Waals surface area contributed by atoms with E-state index in [2.05, 4.69) is 18.0 Å². The lowest BCUT2D eigenvalue weighted by molar-refractivity contribution is 1.16. The Morgan fingerprint density at radius 1 is 1.50 bits per heavy atom. The summed E-state index contributed by atoms with van der Waals surface area (Å²) >= 11 is 0. The summed E-state index contributed by atoms with van der Waals surface area (Å²) in [5.74, 6) is 0. The summed E-state index contributed by atoms with van der Waals surface area (Å²) in [5, 5.41) is 0. The van der Waals surface area contributed by atoms with Crippen molar-refractivity contribution in [2.24, 2.45) is 4.99 Å². The molecule has 0 atom stereocenters. The van der Waals surface area contributed by atoms with Gasteiger partial charge in [0.05, 0.1) is 0 Å². The van der Waals surface area contributed by atoms with Crippen LogP contribution < -0.4 is 0 Å². The fourth-order valence-corrected chi connectivity index (χ4v) is 0.595. The predicted octanol–water partition coefficient (Wildman–Crippen LogP) is 2.95. The molecule has 10 heavy (non-hydrogen) atoms. The van der Waals surface area contributed by atoms with Crippen LogP contribution in [0.2, 0.25) is 0 Å². The lowest BCUT2D eigenvalue weighted by Gasteiger charge is -1.86. The first-order valence-electron chi connectivity index (χ1n) is 3.63. The van der Waals surface area contributed by atoms with Crippen molar-refractivity contribution in [2.45, 2.75) is 27.2 Å². The number of hydrogen-bond donors (Lipinski definition) is 0. The van der Waals surface area contributed by atoms with Crippen molar-refractivity contribution >= 4 is 6.21 Å². The number of hydrogen-bond acceptors (Lipinski definition) is 1. The molecule has 0 aromatic heterocycles. The minimum Gasteiger partial charge on any atom is -0.262 e. The van der Waals surface area contributed by atoms with E-state index in [0.29, 0.717) is 0 Å². The Morgan fingerprint density at radius 3 is 2.70 bits per heavy atom. The molecule has 0 fully saturated rings. The minimum atomic E-state index is 1.05. The third-order valence-electron chi connectivity index (χ3n) is 1.06. The molecule has 0 aliphatic heterocycles. The molecular formula is C9H15N. The highest BCUT2D eigenvalue weighted by Gasteiger charge is 1.76. The molecule has 0 aromatic rings. The standard InChI is InChI=1S/C9H15N/c1-4-6-8-10-9(3)7-5-2/h4,6-8H,5H2,1-3H3/b6-4-,9-7+,10-8+. The van der Waals surface area contributed by atoms with Crippen LogP contribution in [0.25, 0.3) is 0 Å². The van der Waals surface area contributed by atoms with Crippen molar-refractivity contribution in [3.05, 3.63) is 23.9 Å². The number of nitrogens with zero attached hydrogens (tertiary/aromatic N) is 1. The van der Waals surface area contributed by atoms with Crippen molar-refractivity contribution in [3.8, 4) is 0 Å². The van der Waals surface area contributed by atoms with E-state index in [1.165, 1.54) is 0 Å². The Kier molecular flexibility index (Phi) is 5.74. The molecule has 56 valence electrons. The van der Waals surface area contributed by atoms with Gasteiger partial charge in [0, 0.05) is 11.9 Å². The topological polar surface area (TPSA) is 12.4 Å². The highest BCUT2D eigenvalue weighted by atomic mass is 14.7. The Labute approximate surface area is 63.2 Å². The van der Waals surface area contributed by atoms with Gasteiger partial charge in [0.25, 0.3) is 0 Å². The quantitative estimate of drug-likeness (QED) is 0.530. The van der Waals surface area contributed by atoms with Gasteiger partial charge in [0.2, 0.25) is 0 Å². The molecule has 0 amide bonds. The van der Waals surface area contributed by atoms with Gasteiger partial charge >= 0.3 is 0 Å². The molecular weight excluding hydrogens is 122 g/mol. The van der Waals surface area contributed by atoms with Gasteiger partial charge in [-0.2, -0.15) is 0 Å². The lowest BCUT2D eigenvalue weighted by Crippen LogP contribution is -1.69. The van der Waals surface area contributed by atoms with Crippen LogP contribution in [0.15, 0.2) is 28.9 Å². The molecule has 1 nitrogen and oxygen atoms in total. The lowest BCUT2D eigenvalue weighted by atomic mass is 10.4. The second kappa shape index (κ2) is 6.27. The molecule has 0 N–H and O–H groups in total. The smallest absolute Gasteiger partial charge is 0.0332 e. The minimum absolute atomic E-state index is 1.05. The summed E-state index contributed by atoms with van der Waals surface area (Å²) in [6, 6.07) is 0. The Morgan fingerprint density at radius 2 is 2.20 bits per heavy atom. The third-order valence-corrected chi connectivity index (χ3v) is 1.06. The predicted molar refractivity (Wildman–Crippen MR) is 47.4 cm³/mol. The normalized spacial score (nSPS) is 13.7. The largest absolute Gasteiger partial charge is 0.262 e. The summed E-state index contributed by atoms with van der Waals surface area (Å²) in [6.07, 6.45) is 8.84. The van der Waals surface area contributed by atoms with E-state index >= 15 is 0 Å². The summed E-state index contributed by atoms with van der Waals surface area (Å²) in [5.41, 5.74) is 1.08. The highest BCUT2D eigenvalue weighted by molar-refractivity contribution is 5.71. The number of aliphatic imine (C=N–C) groups is 1. The van der Waals surface area contributed by atoms with Gasteiger partial charge in [-0.3, -0.25) is 4.99 Å². The van der Waals surface area contributed by atoms with E-state index in [0.717, 1.165) is 12.1 Å². The molecule has 0 spiro atoms. The van der Waals surface area contributed by atoms with Gasteiger partial charge < -0.3 is 0 Å². The second-order valence-electron chi connectivity index (χ2n) is 2.06. The second-order valence-corrected chi connectivity index (χ2v) is 2.06. The summed E-state index contributed by atoms with van der Waals surface area (Å²) in [7, 11) is 0. The number of allylic oxidation sites excluding steroid dienone is 4. The van der Waals surface area contributed by atoms with E-state index in [1.807, 2.05) is 32.2 Å². The van der Waals surface area contributed by atoms with E-state index in [1.54, 1.807) is 0 Å². The SMILES string of the molecule is C\C=C/C=N/C(C)=C/CC. The molecule has 0 saturated carbocycles. The van der Waals surface area contributed by atoms with Crippen LogP contribution in [0.4, 0.5) is 0 Å². The fourth-order valence-electron chi connectivity index (χ4n) is 0.595. The zero-order valence-corrected chi connectivity index (χ0v) is 6.96. The molecule has 0 rings (SSSR count). The molecule has 0 bridgehead atoms. The zero-order valence-electron chi connectivity index (χ0n) is 6.96. The van der Waals surface area contributed by atoms with Crippen molar-refractivity contribution < 1.29 is 0 Å². The monoisotopic (exact) mass is 137 g/mol. The van der Waals surface area contributed by atoms with E-state index in [4.69, 9.17) is 0 Å². The molecule has 0 saturated heterocycles. The van der Waals surface area contributed by atoms with Crippen LogP contribution in [0, 0.1) is 0 Å². The van der Waals surface area contributed by atoms with E-state index in [9.17, 15) is 0 Å². The Balaban J connectivity index is 3.76. The fraction of sp³-hybridized carbons (Fsp3) is 0.444. The molecule has 0 radical (unpaired) electrons. The van der Waals surface area contributed by atoms with Crippen molar-refractivity contribution in [1.82, 2.24) is 0 Å². The van der Waals surface area contributed by atoms with Gasteiger partial charge in [-0.15, -0.1) is 0 Å². The van der Waals surface area contributed by atoms with Crippen LogP contribution in [0.5, 0.6) is 0 Å². The van der Waals surface area contributed by atoms with Crippen LogP contribution >= 0.6 is 0 Å². The highest BCUT2D eigenvalue weighted by Crippen LogP contribution is 1.94. The maximum atomic E-state index is 4.15. The maximum Gasteiger partial charge on any atom is 0.0332 e. The van der Waals surface area contributed by atoms with Crippen LogP contribution in [0.3, 0.4) is 0 Å². The summed E-state index contributed by atoms with van der Waals surface area (Å²) in [4.78, 5) is 4.15.